The van der Waals surface area contributed by atoms with Gasteiger partial charge in [-0.2, -0.15) is 0 Å². The second-order valence-electron chi connectivity index (χ2n) is 8.01. The third-order valence-corrected chi connectivity index (χ3v) is 5.06. The number of rotatable bonds is 15. The van der Waals surface area contributed by atoms with Crippen LogP contribution in [0.3, 0.4) is 0 Å². The molecule has 176 valence electrons. The van der Waals surface area contributed by atoms with Crippen LogP contribution in [0.5, 0.6) is 0 Å². The van der Waals surface area contributed by atoms with Gasteiger partial charge in [-0.1, -0.05) is 64.7 Å². The number of carboxylic acid groups (broad SMARTS) is 1. The standard InChI is InChI=1S/C16H30N2O2.C6H9N3O2/c1-2-3-4-5-6-7-8-9-10-11-12-17-16(20)18-14-13-15(14)19;7-5(6(10)11)1-4-2-8-3-9-4/h14H,2-13H2,1H3,(H2,17,18,20);2-3,5H,1,7H2,(H,8,9)(H,10,11)/t;5-/m.0/s1. The maximum atomic E-state index is 11.3. The van der Waals surface area contributed by atoms with Crippen LogP contribution in [-0.4, -0.2) is 51.5 Å². The van der Waals surface area contributed by atoms with E-state index in [0.717, 1.165) is 6.42 Å². The fourth-order valence-electron chi connectivity index (χ4n) is 3.01. The number of nitrogens with zero attached hydrogens (tertiary/aromatic N) is 1. The van der Waals surface area contributed by atoms with Gasteiger partial charge < -0.3 is 26.5 Å². The Kier molecular flexibility index (Phi) is 14.0. The molecule has 1 fully saturated rings. The fourth-order valence-corrected chi connectivity index (χ4v) is 3.01. The number of ketones is 1. The molecule has 2 amide bonds. The number of nitrogens with one attached hydrogen (secondary N) is 3. The average Bonchev–Trinajstić information content (AvgIpc) is 3.18. The van der Waals surface area contributed by atoms with Crippen LogP contribution in [0.1, 0.15) is 83.2 Å². The Morgan fingerprint density at radius 1 is 1.16 bits per heavy atom. The number of amides is 2. The molecule has 2 rings (SSSR count). The number of carboxylic acids is 1. The van der Waals surface area contributed by atoms with Crippen LogP contribution in [0.4, 0.5) is 4.79 Å². The average molecular weight is 438 g/mol. The number of carbonyl (C=O) groups is 3. The molecular formula is C22H39N5O4. The van der Waals surface area contributed by atoms with Gasteiger partial charge in [0, 0.05) is 25.6 Å². The van der Waals surface area contributed by atoms with Gasteiger partial charge in [0.1, 0.15) is 6.04 Å². The van der Waals surface area contributed by atoms with Gasteiger partial charge in [-0.3, -0.25) is 9.59 Å². The van der Waals surface area contributed by atoms with E-state index in [1.54, 1.807) is 6.20 Å². The molecule has 0 saturated heterocycles. The van der Waals surface area contributed by atoms with Gasteiger partial charge in [0.05, 0.1) is 18.1 Å². The van der Waals surface area contributed by atoms with Crippen molar-refractivity contribution in [1.82, 2.24) is 20.6 Å². The van der Waals surface area contributed by atoms with E-state index in [-0.39, 0.29) is 24.3 Å². The van der Waals surface area contributed by atoms with E-state index in [1.807, 2.05) is 0 Å². The minimum Gasteiger partial charge on any atom is -0.480 e. The Bertz CT molecular complexity index is 636. The summed E-state index contributed by atoms with van der Waals surface area (Å²) in [6, 6.07) is -1.27. The summed E-state index contributed by atoms with van der Waals surface area (Å²) >= 11 is 0. The van der Waals surface area contributed by atoms with Crippen molar-refractivity contribution in [3.8, 4) is 0 Å². The lowest BCUT2D eigenvalue weighted by Crippen LogP contribution is -2.37. The van der Waals surface area contributed by atoms with Crippen molar-refractivity contribution in [2.75, 3.05) is 6.54 Å². The van der Waals surface area contributed by atoms with Gasteiger partial charge in [0.25, 0.3) is 0 Å². The molecule has 1 aliphatic rings. The third kappa shape index (κ3) is 14.3. The van der Waals surface area contributed by atoms with Crippen LogP contribution in [0, 0.1) is 0 Å². The monoisotopic (exact) mass is 437 g/mol. The maximum absolute atomic E-state index is 11.3. The van der Waals surface area contributed by atoms with Gasteiger partial charge >= 0.3 is 12.0 Å². The van der Waals surface area contributed by atoms with E-state index in [4.69, 9.17) is 10.8 Å². The number of nitrogens with two attached hydrogens (primary N) is 1. The first-order valence-corrected chi connectivity index (χ1v) is 11.5. The number of aliphatic carboxylic acids is 1. The molecule has 9 heteroatoms. The fraction of sp³-hybridized carbons (Fsp3) is 0.727. The predicted octanol–water partition coefficient (Wildman–Crippen LogP) is 2.91. The SMILES string of the molecule is CCCCCCCCCCCCNC(=O)NC1CC1=O.N[C@@H](Cc1c[nH]cn1)C(=O)O. The quantitative estimate of drug-likeness (QED) is 0.266. The Morgan fingerprint density at radius 2 is 1.74 bits per heavy atom. The molecular weight excluding hydrogens is 398 g/mol. The number of unbranched alkanes of at least 4 members (excludes halogenated alkanes) is 9. The molecule has 2 atom stereocenters. The molecule has 1 heterocycles. The van der Waals surface area contributed by atoms with Crippen molar-refractivity contribution >= 4 is 17.8 Å². The highest BCUT2D eigenvalue weighted by Crippen LogP contribution is 2.12. The van der Waals surface area contributed by atoms with Gasteiger partial charge in [0.15, 0.2) is 5.78 Å². The molecule has 9 nitrogen and oxygen atoms in total. The highest BCUT2D eigenvalue weighted by molar-refractivity contribution is 6.02. The maximum Gasteiger partial charge on any atom is 0.320 e. The molecule has 31 heavy (non-hydrogen) atoms. The van der Waals surface area contributed by atoms with Gasteiger partial charge in [-0.15, -0.1) is 0 Å². The number of aromatic amines is 1. The van der Waals surface area contributed by atoms with Crippen molar-refractivity contribution < 1.29 is 19.5 Å². The van der Waals surface area contributed by atoms with Crippen LogP contribution in [0.2, 0.25) is 0 Å². The number of urea groups is 1. The summed E-state index contributed by atoms with van der Waals surface area (Å²) in [6.07, 6.45) is 16.9. The number of carbonyl (C=O) groups excluding carboxylic acids is 2. The van der Waals surface area contributed by atoms with E-state index in [0.29, 0.717) is 18.7 Å². The first-order valence-electron chi connectivity index (χ1n) is 11.5. The van der Waals surface area contributed by atoms with Gasteiger partial charge in [-0.05, 0) is 6.42 Å². The highest BCUT2D eigenvalue weighted by atomic mass is 16.4. The Morgan fingerprint density at radius 3 is 2.23 bits per heavy atom. The summed E-state index contributed by atoms with van der Waals surface area (Å²) in [4.78, 5) is 38.9. The molecule has 1 aromatic heterocycles. The van der Waals surface area contributed by atoms with E-state index in [9.17, 15) is 14.4 Å². The summed E-state index contributed by atoms with van der Waals surface area (Å²) < 4.78 is 0. The predicted molar refractivity (Wildman–Crippen MR) is 120 cm³/mol. The zero-order valence-corrected chi connectivity index (χ0v) is 18.7. The summed E-state index contributed by atoms with van der Waals surface area (Å²) in [5.41, 5.74) is 5.92. The molecule has 0 aliphatic heterocycles. The molecule has 0 aromatic carbocycles. The van der Waals surface area contributed by atoms with Crippen LogP contribution >= 0.6 is 0 Å². The van der Waals surface area contributed by atoms with E-state index >= 15 is 0 Å². The second-order valence-corrected chi connectivity index (χ2v) is 8.01. The number of Topliss-reactive ketones (excluding diaryl/α,β-unsaturated/α-hetero) is 1. The molecule has 0 spiro atoms. The van der Waals surface area contributed by atoms with Crippen LogP contribution in [-0.2, 0) is 16.0 Å². The normalized spacial score (nSPS) is 15.5. The van der Waals surface area contributed by atoms with E-state index in [1.165, 1.54) is 64.1 Å². The van der Waals surface area contributed by atoms with E-state index in [2.05, 4.69) is 27.5 Å². The summed E-state index contributed by atoms with van der Waals surface area (Å²) in [6.45, 7) is 2.96. The van der Waals surface area contributed by atoms with Crippen molar-refractivity contribution in [1.29, 1.82) is 0 Å². The molecule has 0 bridgehead atoms. The summed E-state index contributed by atoms with van der Waals surface area (Å²) in [7, 11) is 0. The first-order chi connectivity index (χ1) is 14.9. The van der Waals surface area contributed by atoms with Crippen molar-refractivity contribution in [2.24, 2.45) is 5.73 Å². The lowest BCUT2D eigenvalue weighted by molar-refractivity contribution is -0.138. The Hall–Kier alpha value is -2.42. The first kappa shape index (κ1) is 26.6. The molecule has 1 saturated carbocycles. The van der Waals surface area contributed by atoms with Crippen LogP contribution < -0.4 is 16.4 Å². The summed E-state index contributed by atoms with van der Waals surface area (Å²) in [5.74, 6) is -0.868. The minimum atomic E-state index is -1.01. The van der Waals surface area contributed by atoms with Crippen molar-refractivity contribution in [3.63, 3.8) is 0 Å². The van der Waals surface area contributed by atoms with Crippen molar-refractivity contribution in [3.05, 3.63) is 18.2 Å². The largest absolute Gasteiger partial charge is 0.480 e. The van der Waals surface area contributed by atoms with Crippen LogP contribution in [0.15, 0.2) is 12.5 Å². The highest BCUT2D eigenvalue weighted by Gasteiger charge is 2.35. The van der Waals surface area contributed by atoms with Gasteiger partial charge in [-0.25, -0.2) is 9.78 Å². The zero-order chi connectivity index (χ0) is 22.9. The number of imidazole rings is 1. The van der Waals surface area contributed by atoms with Crippen molar-refractivity contribution in [2.45, 2.75) is 96.1 Å². The number of hydrogen-bond acceptors (Lipinski definition) is 5. The number of hydrogen-bond donors (Lipinski definition) is 5. The van der Waals surface area contributed by atoms with E-state index < -0.39 is 12.0 Å². The molecule has 1 unspecified atom stereocenters. The third-order valence-electron chi connectivity index (χ3n) is 5.06. The Balaban J connectivity index is 0.000000367. The molecule has 6 N–H and O–H groups in total. The summed E-state index contributed by atoms with van der Waals surface area (Å²) in [5, 5.41) is 13.9. The Labute approximate surface area is 185 Å². The molecule has 1 aliphatic carbocycles. The molecule has 1 aromatic rings. The molecule has 0 radical (unpaired) electrons. The smallest absolute Gasteiger partial charge is 0.320 e. The minimum absolute atomic E-state index is 0.138. The topological polar surface area (TPSA) is 150 Å². The van der Waals surface area contributed by atoms with Gasteiger partial charge in [0.2, 0.25) is 0 Å². The zero-order valence-electron chi connectivity index (χ0n) is 18.7. The second kappa shape index (κ2) is 16.3. The number of H-pyrrole nitrogens is 1. The number of aromatic nitrogens is 2. The lowest BCUT2D eigenvalue weighted by Gasteiger charge is -2.05. The lowest BCUT2D eigenvalue weighted by atomic mass is 10.1. The van der Waals surface area contributed by atoms with Crippen LogP contribution in [0.25, 0.3) is 0 Å².